The summed E-state index contributed by atoms with van der Waals surface area (Å²) in [4.78, 5) is 26.1. The second-order valence-corrected chi connectivity index (χ2v) is 12.6. The topological polar surface area (TPSA) is 72.8 Å². The van der Waals surface area contributed by atoms with Crippen molar-refractivity contribution < 1.29 is 19.1 Å². The molecule has 0 saturated carbocycles. The molecule has 0 spiro atoms. The highest BCUT2D eigenvalue weighted by atomic mass is 79.9. The summed E-state index contributed by atoms with van der Waals surface area (Å²) in [6.07, 6.45) is 1.90. The molecule has 0 atom stereocenters. The number of likely N-dealkylation sites (N-methyl/N-ethyl adjacent to an activating group) is 1. The summed E-state index contributed by atoms with van der Waals surface area (Å²) in [6, 6.07) is 9.99. The molecular weight excluding hydrogens is 602 g/mol. The fourth-order valence-corrected chi connectivity index (χ4v) is 5.96. The molecule has 7 nitrogen and oxygen atoms in total. The number of esters is 1. The number of carbonyl (C=O) groups excluding carboxylic acids is 2. The van der Waals surface area contributed by atoms with Crippen LogP contribution in [0.25, 0.3) is 21.0 Å². The number of ether oxygens (including phenoxy) is 2. The maximum atomic E-state index is 12.3. The summed E-state index contributed by atoms with van der Waals surface area (Å²) in [5, 5.41) is 8.32. The summed E-state index contributed by atoms with van der Waals surface area (Å²) in [5.74, 6) is -0.236. The van der Waals surface area contributed by atoms with Crippen molar-refractivity contribution in [3.8, 4) is 0 Å². The van der Waals surface area contributed by atoms with Gasteiger partial charge in [0.1, 0.15) is 5.60 Å². The van der Waals surface area contributed by atoms with Crippen molar-refractivity contribution in [1.82, 2.24) is 9.47 Å². The van der Waals surface area contributed by atoms with Crippen LogP contribution in [0.2, 0.25) is 5.02 Å². The van der Waals surface area contributed by atoms with E-state index in [1.54, 1.807) is 23.3 Å². The lowest BCUT2D eigenvalue weighted by Gasteiger charge is -2.24. The summed E-state index contributed by atoms with van der Waals surface area (Å²) in [6.45, 7) is 9.38. The van der Waals surface area contributed by atoms with Crippen LogP contribution < -0.4 is 5.32 Å². The molecule has 0 aliphatic carbocycles. The average Bonchev–Trinajstić information content (AvgIpc) is 3.39. The first kappa shape index (κ1) is 29.2. The highest BCUT2D eigenvalue weighted by molar-refractivity contribution is 9.10. The molecule has 0 aliphatic heterocycles. The van der Waals surface area contributed by atoms with Gasteiger partial charge in [0.15, 0.2) is 0 Å². The molecular formula is C29H33BrClN3O4S. The van der Waals surface area contributed by atoms with E-state index in [2.05, 4.69) is 37.3 Å². The van der Waals surface area contributed by atoms with Gasteiger partial charge in [0, 0.05) is 58.7 Å². The highest BCUT2D eigenvalue weighted by Gasteiger charge is 2.20. The Balaban J connectivity index is 1.56. The molecule has 2 aromatic heterocycles. The van der Waals surface area contributed by atoms with Crippen molar-refractivity contribution in [2.45, 2.75) is 46.3 Å². The lowest BCUT2D eigenvalue weighted by atomic mass is 10.1. The van der Waals surface area contributed by atoms with Gasteiger partial charge in [0.2, 0.25) is 0 Å². The van der Waals surface area contributed by atoms with E-state index in [0.29, 0.717) is 31.3 Å². The van der Waals surface area contributed by atoms with Crippen LogP contribution in [0.15, 0.2) is 46.4 Å². The van der Waals surface area contributed by atoms with Crippen molar-refractivity contribution >= 4 is 77.6 Å². The molecule has 1 amide bonds. The van der Waals surface area contributed by atoms with Crippen LogP contribution in [0.4, 0.5) is 10.5 Å². The predicted molar refractivity (Wildman–Crippen MR) is 163 cm³/mol. The van der Waals surface area contributed by atoms with Crippen molar-refractivity contribution in [3.63, 3.8) is 0 Å². The van der Waals surface area contributed by atoms with Crippen LogP contribution in [-0.2, 0) is 27.2 Å². The molecule has 2 aromatic carbocycles. The molecule has 0 fully saturated rings. The zero-order valence-corrected chi connectivity index (χ0v) is 25.9. The third-order valence-corrected chi connectivity index (χ3v) is 7.88. The van der Waals surface area contributed by atoms with E-state index < -0.39 is 5.60 Å². The molecule has 0 radical (unpaired) electrons. The third-order valence-electron chi connectivity index (χ3n) is 6.09. The quantitative estimate of drug-likeness (QED) is 0.191. The first-order valence-electron chi connectivity index (χ1n) is 12.8. The number of fused-ring (bicyclic) bond motifs is 2. The van der Waals surface area contributed by atoms with Gasteiger partial charge in [0.05, 0.1) is 23.4 Å². The molecule has 2 heterocycles. The van der Waals surface area contributed by atoms with Crippen molar-refractivity contribution in [3.05, 3.63) is 62.5 Å². The van der Waals surface area contributed by atoms with Crippen LogP contribution >= 0.6 is 38.9 Å². The Bertz CT molecular complexity index is 1510. The van der Waals surface area contributed by atoms with E-state index >= 15 is 0 Å². The van der Waals surface area contributed by atoms with Gasteiger partial charge in [0.25, 0.3) is 0 Å². The zero-order valence-electron chi connectivity index (χ0n) is 22.8. The molecule has 0 unspecified atom stereocenters. The lowest BCUT2D eigenvalue weighted by molar-refractivity contribution is -0.142. The molecule has 1 N–H and O–H groups in total. The Hall–Kier alpha value is -2.75. The monoisotopic (exact) mass is 633 g/mol. The molecule has 0 saturated heterocycles. The average molecular weight is 635 g/mol. The molecule has 4 aromatic rings. The standard InChI is InChI=1S/C29H33BrClN3O4S/c1-6-37-26(35)11-18-15-34(25-12-20(30)7-8-22(18)25)16-19-17-39-27-23(19)13-21(31)14-24(27)32-9-10-33(5)28(36)38-29(2,3)4/h7-8,12-15,17,32H,6,9-11,16H2,1-5H3. The predicted octanol–water partition coefficient (Wildman–Crippen LogP) is 7.70. The molecule has 4 rings (SSSR count). The highest BCUT2D eigenvalue weighted by Crippen LogP contribution is 2.36. The normalized spacial score (nSPS) is 11.7. The Morgan fingerprint density at radius 1 is 1.15 bits per heavy atom. The van der Waals surface area contributed by atoms with E-state index in [9.17, 15) is 9.59 Å². The fraction of sp³-hybridized carbons (Fsp3) is 0.379. The molecule has 39 heavy (non-hydrogen) atoms. The molecule has 0 aliphatic rings. The minimum Gasteiger partial charge on any atom is -0.466 e. The van der Waals surface area contributed by atoms with Crippen molar-refractivity contribution in [2.24, 2.45) is 0 Å². The Morgan fingerprint density at radius 2 is 1.92 bits per heavy atom. The number of hydrogen-bond donors (Lipinski definition) is 1. The number of thiophene rings is 1. The van der Waals surface area contributed by atoms with E-state index in [4.69, 9.17) is 21.1 Å². The van der Waals surface area contributed by atoms with E-state index in [-0.39, 0.29) is 18.5 Å². The number of nitrogens with one attached hydrogen (secondary N) is 1. The van der Waals surface area contributed by atoms with Crippen LogP contribution in [0, 0.1) is 0 Å². The van der Waals surface area contributed by atoms with Gasteiger partial charge in [-0.3, -0.25) is 4.79 Å². The first-order chi connectivity index (χ1) is 18.4. The van der Waals surface area contributed by atoms with Crippen LogP contribution in [0.1, 0.15) is 38.8 Å². The Labute approximate surface area is 246 Å². The Morgan fingerprint density at radius 3 is 2.64 bits per heavy atom. The number of rotatable bonds is 9. The SMILES string of the molecule is CCOC(=O)Cc1cn(Cc2csc3c(NCCN(C)C(=O)OC(C)(C)C)cc(Cl)cc23)c2cc(Br)ccc12. The largest absolute Gasteiger partial charge is 0.466 e. The number of halogens is 2. The van der Waals surface area contributed by atoms with Gasteiger partial charge in [-0.25, -0.2) is 4.79 Å². The van der Waals surface area contributed by atoms with Crippen LogP contribution in [0.5, 0.6) is 0 Å². The number of hydrogen-bond acceptors (Lipinski definition) is 6. The number of aromatic nitrogens is 1. The summed E-state index contributed by atoms with van der Waals surface area (Å²) in [7, 11) is 1.72. The number of nitrogens with zero attached hydrogens (tertiary/aromatic N) is 2. The smallest absolute Gasteiger partial charge is 0.410 e. The van der Waals surface area contributed by atoms with E-state index in [1.807, 2.05) is 58.2 Å². The number of anilines is 1. The second kappa shape index (κ2) is 12.2. The summed E-state index contributed by atoms with van der Waals surface area (Å²) >= 11 is 11.8. The van der Waals surface area contributed by atoms with Crippen molar-refractivity contribution in [2.75, 3.05) is 32.1 Å². The Kier molecular flexibility index (Phi) is 9.14. The van der Waals surface area contributed by atoms with Gasteiger partial charge in [-0.2, -0.15) is 0 Å². The minimum absolute atomic E-state index is 0.223. The number of carbonyl (C=O) groups is 2. The lowest BCUT2D eigenvalue weighted by Crippen LogP contribution is -2.36. The van der Waals surface area contributed by atoms with Crippen molar-refractivity contribution in [1.29, 1.82) is 0 Å². The maximum Gasteiger partial charge on any atom is 0.410 e. The summed E-state index contributed by atoms with van der Waals surface area (Å²) < 4.78 is 14.9. The second-order valence-electron chi connectivity index (χ2n) is 10.3. The summed E-state index contributed by atoms with van der Waals surface area (Å²) in [5.41, 5.74) is 3.49. The van der Waals surface area contributed by atoms with Gasteiger partial charge >= 0.3 is 12.1 Å². The first-order valence-corrected chi connectivity index (χ1v) is 14.8. The van der Waals surface area contributed by atoms with Gasteiger partial charge in [-0.15, -0.1) is 11.3 Å². The minimum atomic E-state index is -0.536. The van der Waals surface area contributed by atoms with Gasteiger partial charge < -0.3 is 24.3 Å². The molecule has 10 heteroatoms. The maximum absolute atomic E-state index is 12.3. The molecule has 208 valence electrons. The van der Waals surface area contributed by atoms with E-state index in [0.717, 1.165) is 42.3 Å². The van der Waals surface area contributed by atoms with Crippen LogP contribution in [-0.4, -0.2) is 53.9 Å². The molecule has 0 bridgehead atoms. The third kappa shape index (κ3) is 7.26. The van der Waals surface area contributed by atoms with Crippen LogP contribution in [0.3, 0.4) is 0 Å². The van der Waals surface area contributed by atoms with Gasteiger partial charge in [-0.05, 0) is 68.5 Å². The number of amides is 1. The zero-order chi connectivity index (χ0) is 28.3. The fourth-order valence-electron chi connectivity index (χ4n) is 4.36. The number of benzene rings is 2. The van der Waals surface area contributed by atoms with E-state index in [1.165, 1.54) is 0 Å². The van der Waals surface area contributed by atoms with Gasteiger partial charge in [-0.1, -0.05) is 33.6 Å².